The van der Waals surface area contributed by atoms with E-state index in [0.717, 1.165) is 17.1 Å². The van der Waals surface area contributed by atoms with Crippen molar-refractivity contribution in [3.8, 4) is 0 Å². The van der Waals surface area contributed by atoms with E-state index in [1.54, 1.807) is 0 Å². The lowest BCUT2D eigenvalue weighted by molar-refractivity contribution is 0.484. The molecule has 0 spiro atoms. The number of fused-ring (bicyclic) bond motifs is 1. The summed E-state index contributed by atoms with van der Waals surface area (Å²) >= 11 is 0. The van der Waals surface area contributed by atoms with Crippen LogP contribution in [0.4, 0.5) is 5.69 Å². The van der Waals surface area contributed by atoms with Gasteiger partial charge in [-0.2, -0.15) is 0 Å². The van der Waals surface area contributed by atoms with E-state index in [0.29, 0.717) is 6.67 Å². The maximum absolute atomic E-state index is 4.33. The molecule has 0 aromatic heterocycles. The van der Waals surface area contributed by atoms with E-state index in [1.165, 1.54) is 0 Å². The first-order valence-electron chi connectivity index (χ1n) is 5.61. The molecule has 2 aliphatic heterocycles. The van der Waals surface area contributed by atoms with Crippen LogP contribution in [0, 0.1) is 0 Å². The average Bonchev–Trinajstić information content (AvgIpc) is 2.40. The molecule has 0 saturated heterocycles. The van der Waals surface area contributed by atoms with E-state index >= 15 is 0 Å². The van der Waals surface area contributed by atoms with Crippen molar-refractivity contribution in [2.75, 3.05) is 12.0 Å². The zero-order valence-electron chi connectivity index (χ0n) is 9.38. The molecule has 17 heavy (non-hydrogen) atoms. The van der Waals surface area contributed by atoms with E-state index in [-0.39, 0.29) is 0 Å². The van der Waals surface area contributed by atoms with Crippen molar-refractivity contribution >= 4 is 11.9 Å². The van der Waals surface area contributed by atoms with Crippen LogP contribution >= 0.6 is 0 Å². The largest absolute Gasteiger partial charge is 0.353 e. The molecule has 0 atom stereocenters. The summed E-state index contributed by atoms with van der Waals surface area (Å²) in [6.07, 6.45) is 10.1. The Labute approximate surface area is 100 Å². The van der Waals surface area contributed by atoms with Crippen LogP contribution in [-0.2, 0) is 0 Å². The van der Waals surface area contributed by atoms with Crippen molar-refractivity contribution in [3.63, 3.8) is 0 Å². The van der Waals surface area contributed by atoms with Gasteiger partial charge in [0.15, 0.2) is 0 Å². The molecule has 0 unspecified atom stereocenters. The Hall–Kier alpha value is -2.29. The molecule has 0 saturated carbocycles. The van der Waals surface area contributed by atoms with Crippen LogP contribution in [0.5, 0.6) is 0 Å². The van der Waals surface area contributed by atoms with Crippen LogP contribution in [0.1, 0.15) is 0 Å². The Morgan fingerprint density at radius 3 is 2.88 bits per heavy atom. The fourth-order valence-electron chi connectivity index (χ4n) is 1.90. The standard InChI is InChI=1S/C14H13N3/c1-2-6-12(7-3-1)16-13-10-15-11-17-9-5-4-8-14(13)17/h1-10,16H,11H2. The first-order chi connectivity index (χ1) is 8.43. The van der Waals surface area contributed by atoms with Gasteiger partial charge in [-0.15, -0.1) is 0 Å². The van der Waals surface area contributed by atoms with Crippen LogP contribution in [0.15, 0.2) is 71.1 Å². The predicted octanol–water partition coefficient (Wildman–Crippen LogP) is 2.74. The highest BCUT2D eigenvalue weighted by Crippen LogP contribution is 2.20. The van der Waals surface area contributed by atoms with Gasteiger partial charge in [0.1, 0.15) is 6.67 Å². The summed E-state index contributed by atoms with van der Waals surface area (Å²) in [4.78, 5) is 6.45. The van der Waals surface area contributed by atoms with Crippen molar-refractivity contribution in [2.24, 2.45) is 4.99 Å². The maximum Gasteiger partial charge on any atom is 0.114 e. The average molecular weight is 223 g/mol. The molecule has 1 N–H and O–H groups in total. The molecular formula is C14H13N3. The van der Waals surface area contributed by atoms with Crippen molar-refractivity contribution in [1.82, 2.24) is 4.90 Å². The second-order valence-corrected chi connectivity index (χ2v) is 3.91. The molecular weight excluding hydrogens is 210 g/mol. The summed E-state index contributed by atoms with van der Waals surface area (Å²) in [5.41, 5.74) is 3.26. The number of para-hydroxylation sites is 1. The van der Waals surface area contributed by atoms with Gasteiger partial charge >= 0.3 is 0 Å². The van der Waals surface area contributed by atoms with Crippen molar-refractivity contribution in [2.45, 2.75) is 0 Å². The molecule has 1 aromatic rings. The number of benzene rings is 1. The number of rotatable bonds is 2. The lowest BCUT2D eigenvalue weighted by atomic mass is 10.2. The monoisotopic (exact) mass is 223 g/mol. The quantitative estimate of drug-likeness (QED) is 0.834. The molecule has 3 nitrogen and oxygen atoms in total. The van der Waals surface area contributed by atoms with Gasteiger partial charge < -0.3 is 10.2 Å². The van der Waals surface area contributed by atoms with Crippen LogP contribution in [0.25, 0.3) is 0 Å². The zero-order chi connectivity index (χ0) is 11.5. The third-order valence-corrected chi connectivity index (χ3v) is 2.72. The molecule has 0 aliphatic carbocycles. The lowest BCUT2D eigenvalue weighted by Gasteiger charge is -2.27. The summed E-state index contributed by atoms with van der Waals surface area (Å²) in [7, 11) is 0. The highest BCUT2D eigenvalue weighted by Gasteiger charge is 2.14. The summed E-state index contributed by atoms with van der Waals surface area (Å²) in [5, 5.41) is 3.38. The molecule has 1 aromatic carbocycles. The molecule has 0 amide bonds. The molecule has 3 heteroatoms. The van der Waals surface area contributed by atoms with E-state index < -0.39 is 0 Å². The number of allylic oxidation sites excluding steroid dienone is 4. The minimum absolute atomic E-state index is 0.691. The summed E-state index contributed by atoms with van der Waals surface area (Å²) < 4.78 is 0. The van der Waals surface area contributed by atoms with Gasteiger partial charge in [-0.1, -0.05) is 24.3 Å². The minimum Gasteiger partial charge on any atom is -0.353 e. The number of nitrogens with zero attached hydrogens (tertiary/aromatic N) is 2. The van der Waals surface area contributed by atoms with Crippen molar-refractivity contribution in [1.29, 1.82) is 0 Å². The number of hydrogen-bond donors (Lipinski definition) is 1. The zero-order valence-corrected chi connectivity index (χ0v) is 9.38. The second kappa shape index (κ2) is 4.29. The predicted molar refractivity (Wildman–Crippen MR) is 70.6 cm³/mol. The molecule has 3 rings (SSSR count). The Kier molecular flexibility index (Phi) is 2.50. The fourth-order valence-corrected chi connectivity index (χ4v) is 1.90. The maximum atomic E-state index is 4.33. The van der Waals surface area contributed by atoms with Crippen LogP contribution < -0.4 is 5.32 Å². The minimum atomic E-state index is 0.691. The van der Waals surface area contributed by atoms with Crippen LogP contribution in [0.2, 0.25) is 0 Å². The smallest absolute Gasteiger partial charge is 0.114 e. The molecule has 84 valence electrons. The number of hydrogen-bond acceptors (Lipinski definition) is 3. The van der Waals surface area contributed by atoms with Crippen molar-refractivity contribution in [3.05, 3.63) is 66.2 Å². The molecule has 2 heterocycles. The number of nitrogens with one attached hydrogen (secondary N) is 1. The molecule has 0 fully saturated rings. The van der Waals surface area contributed by atoms with Gasteiger partial charge in [0.2, 0.25) is 0 Å². The first-order valence-corrected chi connectivity index (χ1v) is 5.61. The molecule has 2 aliphatic rings. The van der Waals surface area contributed by atoms with E-state index in [9.17, 15) is 0 Å². The molecule has 0 bridgehead atoms. The topological polar surface area (TPSA) is 27.6 Å². The highest BCUT2D eigenvalue weighted by atomic mass is 15.2. The van der Waals surface area contributed by atoms with Gasteiger partial charge in [-0.05, 0) is 24.3 Å². The Bertz CT molecular complexity index is 524. The summed E-state index contributed by atoms with van der Waals surface area (Å²) in [6.45, 7) is 0.691. The SMILES string of the molecule is C1=CC2=C(Nc3ccccc3)C=NCN2C=C1. The summed E-state index contributed by atoms with van der Waals surface area (Å²) in [5.74, 6) is 0. The summed E-state index contributed by atoms with van der Waals surface area (Å²) in [6, 6.07) is 10.1. The Balaban J connectivity index is 1.91. The van der Waals surface area contributed by atoms with E-state index in [1.807, 2.05) is 54.9 Å². The normalized spacial score (nSPS) is 17.3. The van der Waals surface area contributed by atoms with Crippen LogP contribution in [-0.4, -0.2) is 17.8 Å². The first kappa shape index (κ1) is 9.90. The van der Waals surface area contributed by atoms with Gasteiger partial charge in [-0.25, -0.2) is 0 Å². The number of anilines is 1. The highest BCUT2D eigenvalue weighted by molar-refractivity contribution is 5.85. The molecule has 0 radical (unpaired) electrons. The van der Waals surface area contributed by atoms with Gasteiger partial charge in [0.05, 0.1) is 11.4 Å². The third kappa shape index (κ3) is 1.99. The Morgan fingerprint density at radius 2 is 2.00 bits per heavy atom. The van der Waals surface area contributed by atoms with E-state index in [4.69, 9.17) is 0 Å². The van der Waals surface area contributed by atoms with Gasteiger partial charge in [0.25, 0.3) is 0 Å². The lowest BCUT2D eigenvalue weighted by Crippen LogP contribution is -2.25. The van der Waals surface area contributed by atoms with Gasteiger partial charge in [-0.3, -0.25) is 4.99 Å². The fraction of sp³-hybridized carbons (Fsp3) is 0.0714. The van der Waals surface area contributed by atoms with Crippen molar-refractivity contribution < 1.29 is 0 Å². The van der Waals surface area contributed by atoms with E-state index in [2.05, 4.69) is 21.3 Å². The Morgan fingerprint density at radius 1 is 1.12 bits per heavy atom. The third-order valence-electron chi connectivity index (χ3n) is 2.72. The van der Waals surface area contributed by atoms with Gasteiger partial charge in [0, 0.05) is 18.1 Å². The number of aliphatic imine (C=N–C) groups is 1. The van der Waals surface area contributed by atoms with Crippen LogP contribution in [0.3, 0.4) is 0 Å². The second-order valence-electron chi connectivity index (χ2n) is 3.91.